The van der Waals surface area contributed by atoms with Crippen molar-refractivity contribution in [1.82, 2.24) is 19.7 Å². The molecule has 0 bridgehead atoms. The van der Waals surface area contributed by atoms with Crippen molar-refractivity contribution in [3.63, 3.8) is 0 Å². The highest BCUT2D eigenvalue weighted by atomic mass is 16.5. The van der Waals surface area contributed by atoms with E-state index in [1.54, 1.807) is 17.1 Å². The number of rotatable bonds is 4. The Hall–Kier alpha value is -3.09. The minimum Gasteiger partial charge on any atom is -0.490 e. The molecular weight excluding hydrogens is 318 g/mol. The second kappa shape index (κ2) is 6.80. The average molecular weight is 337 g/mol. The Labute approximate surface area is 145 Å². The second-order valence-corrected chi connectivity index (χ2v) is 5.85. The fraction of sp³-hybridized carbons (Fsp3) is 0.278. The maximum atomic E-state index is 5.73. The first kappa shape index (κ1) is 15.4. The zero-order valence-electron chi connectivity index (χ0n) is 14.0. The lowest BCUT2D eigenvalue weighted by Crippen LogP contribution is -2.04. The van der Waals surface area contributed by atoms with E-state index in [0.29, 0.717) is 25.7 Å². The molecule has 1 aliphatic heterocycles. The van der Waals surface area contributed by atoms with Gasteiger partial charge >= 0.3 is 0 Å². The first-order valence-corrected chi connectivity index (χ1v) is 8.22. The molecule has 0 atom stereocenters. The predicted molar refractivity (Wildman–Crippen MR) is 93.6 cm³/mol. The Morgan fingerprint density at radius 1 is 1.16 bits per heavy atom. The summed E-state index contributed by atoms with van der Waals surface area (Å²) < 4.78 is 13.1. The number of hydrogen-bond donors (Lipinski definition) is 1. The third-order valence-electron chi connectivity index (χ3n) is 3.92. The van der Waals surface area contributed by atoms with E-state index in [2.05, 4.69) is 20.4 Å². The second-order valence-electron chi connectivity index (χ2n) is 5.85. The Kier molecular flexibility index (Phi) is 4.20. The van der Waals surface area contributed by atoms with Crippen molar-refractivity contribution in [2.75, 3.05) is 18.5 Å². The van der Waals surface area contributed by atoms with Crippen molar-refractivity contribution in [2.45, 2.75) is 13.0 Å². The molecule has 0 spiro atoms. The van der Waals surface area contributed by atoms with E-state index >= 15 is 0 Å². The molecule has 1 aliphatic rings. The number of anilines is 1. The zero-order chi connectivity index (χ0) is 17.1. The van der Waals surface area contributed by atoms with Crippen molar-refractivity contribution in [3.8, 4) is 22.8 Å². The predicted octanol–water partition coefficient (Wildman–Crippen LogP) is 2.65. The van der Waals surface area contributed by atoms with Crippen LogP contribution in [0.15, 0.2) is 42.9 Å². The van der Waals surface area contributed by atoms with Crippen LogP contribution in [0.2, 0.25) is 0 Å². The number of hydrogen-bond acceptors (Lipinski definition) is 6. The molecule has 1 aromatic carbocycles. The van der Waals surface area contributed by atoms with E-state index in [-0.39, 0.29) is 0 Å². The lowest BCUT2D eigenvalue weighted by molar-refractivity contribution is 0.297. The average Bonchev–Trinajstić information content (AvgIpc) is 2.94. The molecule has 2 aromatic heterocycles. The van der Waals surface area contributed by atoms with Gasteiger partial charge in [0.25, 0.3) is 0 Å². The van der Waals surface area contributed by atoms with Crippen molar-refractivity contribution in [1.29, 1.82) is 0 Å². The summed E-state index contributed by atoms with van der Waals surface area (Å²) in [5.41, 5.74) is 2.88. The van der Waals surface area contributed by atoms with Gasteiger partial charge in [-0.05, 0) is 23.8 Å². The number of fused-ring (bicyclic) bond motifs is 1. The molecule has 0 fully saturated rings. The van der Waals surface area contributed by atoms with Gasteiger partial charge in [0.1, 0.15) is 0 Å². The summed E-state index contributed by atoms with van der Waals surface area (Å²) in [4.78, 5) is 8.83. The van der Waals surface area contributed by atoms with Crippen LogP contribution in [-0.2, 0) is 13.6 Å². The van der Waals surface area contributed by atoms with Crippen LogP contribution in [0.1, 0.15) is 12.0 Å². The maximum Gasteiger partial charge on any atom is 0.223 e. The largest absolute Gasteiger partial charge is 0.490 e. The van der Waals surface area contributed by atoms with E-state index in [4.69, 9.17) is 9.47 Å². The highest BCUT2D eigenvalue weighted by Crippen LogP contribution is 2.30. The van der Waals surface area contributed by atoms with Crippen LogP contribution < -0.4 is 14.8 Å². The molecule has 0 amide bonds. The quantitative estimate of drug-likeness (QED) is 0.789. The summed E-state index contributed by atoms with van der Waals surface area (Å²) in [7, 11) is 1.88. The topological polar surface area (TPSA) is 74.1 Å². The molecule has 4 rings (SSSR count). The van der Waals surface area contributed by atoms with Gasteiger partial charge in [-0.25, -0.2) is 9.97 Å². The Morgan fingerprint density at radius 3 is 2.88 bits per heavy atom. The van der Waals surface area contributed by atoms with E-state index in [9.17, 15) is 0 Å². The SMILES string of the molecule is Cn1cc(-c2ccnc(NCc3ccc4c(c3)OCCCO4)n2)cn1. The fourth-order valence-electron chi connectivity index (χ4n) is 2.66. The van der Waals surface area contributed by atoms with Gasteiger partial charge < -0.3 is 14.8 Å². The highest BCUT2D eigenvalue weighted by molar-refractivity contribution is 5.58. The molecule has 0 unspecified atom stereocenters. The molecule has 3 aromatic rings. The molecule has 3 heterocycles. The number of aromatic nitrogens is 4. The summed E-state index contributed by atoms with van der Waals surface area (Å²) in [6.45, 7) is 1.98. The molecule has 0 saturated carbocycles. The smallest absolute Gasteiger partial charge is 0.223 e. The lowest BCUT2D eigenvalue weighted by atomic mass is 10.2. The molecule has 1 N–H and O–H groups in total. The first-order valence-electron chi connectivity index (χ1n) is 8.22. The molecular formula is C18H19N5O2. The summed E-state index contributed by atoms with van der Waals surface area (Å²) >= 11 is 0. The van der Waals surface area contributed by atoms with Gasteiger partial charge in [-0.3, -0.25) is 4.68 Å². The van der Waals surface area contributed by atoms with Crippen molar-refractivity contribution < 1.29 is 9.47 Å². The summed E-state index contributed by atoms with van der Waals surface area (Å²) in [6.07, 6.45) is 6.36. The Morgan fingerprint density at radius 2 is 2.04 bits per heavy atom. The minimum absolute atomic E-state index is 0.577. The van der Waals surface area contributed by atoms with Crippen LogP contribution in [0.25, 0.3) is 11.3 Å². The van der Waals surface area contributed by atoms with Crippen molar-refractivity contribution >= 4 is 5.95 Å². The van der Waals surface area contributed by atoms with Crippen molar-refractivity contribution in [2.24, 2.45) is 7.05 Å². The molecule has 25 heavy (non-hydrogen) atoms. The minimum atomic E-state index is 0.577. The van der Waals surface area contributed by atoms with Crippen LogP contribution in [0.3, 0.4) is 0 Å². The fourth-order valence-corrected chi connectivity index (χ4v) is 2.66. The normalized spacial score (nSPS) is 13.3. The maximum absolute atomic E-state index is 5.73. The first-order chi connectivity index (χ1) is 12.3. The molecule has 7 nitrogen and oxygen atoms in total. The van der Waals surface area contributed by atoms with Gasteiger partial charge in [-0.1, -0.05) is 6.07 Å². The van der Waals surface area contributed by atoms with E-state index in [0.717, 1.165) is 34.7 Å². The van der Waals surface area contributed by atoms with Gasteiger partial charge in [-0.2, -0.15) is 5.10 Å². The standard InChI is InChI=1S/C18H19N5O2/c1-23-12-14(11-21-23)15-5-6-19-18(22-15)20-10-13-3-4-16-17(9-13)25-8-2-7-24-16/h3-6,9,11-12H,2,7-8,10H2,1H3,(H,19,20,22). The molecule has 0 aliphatic carbocycles. The van der Waals surface area contributed by atoms with Crippen LogP contribution in [-0.4, -0.2) is 33.0 Å². The Bertz CT molecular complexity index is 877. The number of nitrogens with zero attached hydrogens (tertiary/aromatic N) is 4. The summed E-state index contributed by atoms with van der Waals surface area (Å²) in [6, 6.07) is 7.84. The van der Waals surface area contributed by atoms with Crippen LogP contribution in [0.4, 0.5) is 5.95 Å². The number of ether oxygens (including phenoxy) is 2. The van der Waals surface area contributed by atoms with E-state index in [1.807, 2.05) is 37.5 Å². The highest BCUT2D eigenvalue weighted by Gasteiger charge is 2.11. The van der Waals surface area contributed by atoms with Crippen LogP contribution in [0.5, 0.6) is 11.5 Å². The van der Waals surface area contributed by atoms with E-state index < -0.39 is 0 Å². The van der Waals surface area contributed by atoms with Gasteiger partial charge in [0.2, 0.25) is 5.95 Å². The van der Waals surface area contributed by atoms with Gasteiger partial charge in [-0.15, -0.1) is 0 Å². The Balaban J connectivity index is 1.47. The zero-order valence-corrected chi connectivity index (χ0v) is 14.0. The van der Waals surface area contributed by atoms with Crippen LogP contribution >= 0.6 is 0 Å². The summed E-state index contributed by atoms with van der Waals surface area (Å²) in [5, 5.41) is 7.43. The molecule has 0 saturated heterocycles. The van der Waals surface area contributed by atoms with Crippen molar-refractivity contribution in [3.05, 3.63) is 48.4 Å². The molecule has 128 valence electrons. The number of aryl methyl sites for hydroxylation is 1. The number of nitrogens with one attached hydrogen (secondary N) is 1. The van der Waals surface area contributed by atoms with Crippen LogP contribution in [0, 0.1) is 0 Å². The third kappa shape index (κ3) is 3.55. The monoisotopic (exact) mass is 337 g/mol. The van der Waals surface area contributed by atoms with Gasteiger partial charge in [0.15, 0.2) is 11.5 Å². The molecule has 0 radical (unpaired) electrons. The molecule has 7 heteroatoms. The van der Waals surface area contributed by atoms with Gasteiger partial charge in [0, 0.05) is 38.0 Å². The third-order valence-corrected chi connectivity index (χ3v) is 3.92. The van der Waals surface area contributed by atoms with E-state index in [1.165, 1.54) is 0 Å². The summed E-state index contributed by atoms with van der Waals surface area (Å²) in [5.74, 6) is 2.17. The lowest BCUT2D eigenvalue weighted by Gasteiger charge is -2.10. The number of benzene rings is 1. The van der Waals surface area contributed by atoms with Gasteiger partial charge in [0.05, 0.1) is 25.1 Å².